The van der Waals surface area contributed by atoms with Crippen molar-refractivity contribution in [2.45, 2.75) is 5.92 Å². The summed E-state index contributed by atoms with van der Waals surface area (Å²) in [6.45, 7) is 0.106. The number of carbonyl (C=O) groups excluding carboxylic acids is 1. The normalized spacial score (nSPS) is 17.1. The minimum absolute atomic E-state index is 0.0435. The van der Waals surface area contributed by atoms with E-state index in [0.29, 0.717) is 22.7 Å². The minimum Gasteiger partial charge on any atom is -0.456 e. The number of esters is 1. The number of rotatable bonds is 2. The molecular formula is C23H16BrN5O2. The number of halogens is 1. The zero-order chi connectivity index (χ0) is 21.7. The van der Waals surface area contributed by atoms with E-state index < -0.39 is 11.9 Å². The van der Waals surface area contributed by atoms with Gasteiger partial charge in [0.05, 0.1) is 17.0 Å². The first-order valence-electron chi connectivity index (χ1n) is 9.51. The van der Waals surface area contributed by atoms with Crippen LogP contribution in [0.15, 0.2) is 70.3 Å². The van der Waals surface area contributed by atoms with Crippen LogP contribution in [-0.4, -0.2) is 17.6 Å². The summed E-state index contributed by atoms with van der Waals surface area (Å²) >= 11 is 3.45. The Hall–Kier alpha value is -3.83. The Bertz CT molecular complexity index is 1300. The van der Waals surface area contributed by atoms with Gasteiger partial charge in [0.2, 0.25) is 0 Å². The number of aromatic nitrogens is 1. The molecule has 0 saturated heterocycles. The van der Waals surface area contributed by atoms with E-state index in [1.54, 1.807) is 0 Å². The number of hydrogen-bond acceptors (Lipinski definition) is 7. The molecule has 0 bridgehead atoms. The number of carbonyl (C=O) groups is 1. The molecule has 8 heteroatoms. The summed E-state index contributed by atoms with van der Waals surface area (Å²) in [7, 11) is 0. The lowest BCUT2D eigenvalue weighted by Gasteiger charge is -2.35. The molecule has 31 heavy (non-hydrogen) atoms. The first kappa shape index (κ1) is 19.2. The van der Waals surface area contributed by atoms with Gasteiger partial charge in [-0.05, 0) is 29.8 Å². The highest BCUT2D eigenvalue weighted by atomic mass is 79.9. The van der Waals surface area contributed by atoms with E-state index in [2.05, 4.69) is 20.9 Å². The minimum atomic E-state index is -0.520. The SMILES string of the molecule is N#Cc1c(N)nc2c(c1N)C(c1ccccc1)C1=C(COC1=O)N2c1ccc(Br)cc1. The monoisotopic (exact) mass is 473 g/mol. The van der Waals surface area contributed by atoms with Crippen LogP contribution in [0.1, 0.15) is 22.6 Å². The van der Waals surface area contributed by atoms with Crippen LogP contribution in [0.5, 0.6) is 0 Å². The molecule has 4 N–H and O–H groups in total. The standard InChI is InChI=1S/C23H16BrN5O2/c24-13-6-8-14(9-7-13)29-16-11-31-23(30)18(16)17(12-4-2-1-3-5-12)19-20(26)15(10-25)21(27)28-22(19)29/h1-9,17H,11H2,(H4,26,27,28). The van der Waals surface area contributed by atoms with Crippen LogP contribution in [0.3, 0.4) is 0 Å². The van der Waals surface area contributed by atoms with Gasteiger partial charge in [-0.25, -0.2) is 9.78 Å². The van der Waals surface area contributed by atoms with Gasteiger partial charge in [-0.3, -0.25) is 4.90 Å². The molecule has 3 heterocycles. The van der Waals surface area contributed by atoms with Crippen LogP contribution in [0, 0.1) is 11.3 Å². The molecular weight excluding hydrogens is 458 g/mol. The second-order valence-electron chi connectivity index (χ2n) is 7.23. The Morgan fingerprint density at radius 3 is 2.52 bits per heavy atom. The van der Waals surface area contributed by atoms with Gasteiger partial charge in [-0.1, -0.05) is 46.3 Å². The molecule has 0 fully saturated rings. The van der Waals surface area contributed by atoms with E-state index >= 15 is 0 Å². The predicted molar refractivity (Wildman–Crippen MR) is 120 cm³/mol. The highest BCUT2D eigenvalue weighted by molar-refractivity contribution is 9.10. The fourth-order valence-electron chi connectivity index (χ4n) is 4.19. The zero-order valence-electron chi connectivity index (χ0n) is 16.2. The highest BCUT2D eigenvalue weighted by Crippen LogP contribution is 2.52. The van der Waals surface area contributed by atoms with Crippen molar-refractivity contribution in [3.05, 3.63) is 87.0 Å². The summed E-state index contributed by atoms with van der Waals surface area (Å²) in [5, 5.41) is 9.64. The maximum Gasteiger partial charge on any atom is 0.337 e. The molecule has 1 aromatic heterocycles. The maximum atomic E-state index is 12.9. The maximum absolute atomic E-state index is 12.9. The van der Waals surface area contributed by atoms with Crippen LogP contribution in [0.2, 0.25) is 0 Å². The van der Waals surface area contributed by atoms with Gasteiger partial charge in [-0.15, -0.1) is 0 Å². The molecule has 0 spiro atoms. The van der Waals surface area contributed by atoms with E-state index in [1.807, 2.05) is 65.6 Å². The first-order valence-corrected chi connectivity index (χ1v) is 10.3. The van der Waals surface area contributed by atoms with Crippen LogP contribution in [0.25, 0.3) is 0 Å². The summed E-state index contributed by atoms with van der Waals surface area (Å²) in [4.78, 5) is 19.3. The number of nitrogens with two attached hydrogens (primary N) is 2. The van der Waals surface area contributed by atoms with Gasteiger partial charge in [0.25, 0.3) is 0 Å². The second-order valence-corrected chi connectivity index (χ2v) is 8.14. The molecule has 2 aliphatic heterocycles. The molecule has 1 atom stereocenters. The smallest absolute Gasteiger partial charge is 0.337 e. The average molecular weight is 474 g/mol. The Balaban J connectivity index is 1.88. The Morgan fingerprint density at radius 1 is 1.13 bits per heavy atom. The lowest BCUT2D eigenvalue weighted by atomic mass is 9.80. The molecule has 0 amide bonds. The van der Waals surface area contributed by atoms with E-state index in [4.69, 9.17) is 16.2 Å². The zero-order valence-corrected chi connectivity index (χ0v) is 17.8. The molecule has 2 aromatic carbocycles. The van der Waals surface area contributed by atoms with Crippen molar-refractivity contribution < 1.29 is 9.53 Å². The van der Waals surface area contributed by atoms with Gasteiger partial charge in [0.1, 0.15) is 29.9 Å². The number of pyridine rings is 1. The van der Waals surface area contributed by atoms with Crippen molar-refractivity contribution in [2.75, 3.05) is 23.0 Å². The van der Waals surface area contributed by atoms with Crippen LogP contribution < -0.4 is 16.4 Å². The molecule has 152 valence electrons. The van der Waals surface area contributed by atoms with Gasteiger partial charge in [-0.2, -0.15) is 5.26 Å². The number of ether oxygens (including phenoxy) is 1. The second kappa shape index (κ2) is 7.15. The van der Waals surface area contributed by atoms with Crippen molar-refractivity contribution in [3.63, 3.8) is 0 Å². The number of benzene rings is 2. The lowest BCUT2D eigenvalue weighted by Crippen LogP contribution is -2.30. The molecule has 0 radical (unpaired) electrons. The molecule has 5 rings (SSSR count). The van der Waals surface area contributed by atoms with Gasteiger partial charge in [0, 0.05) is 21.6 Å². The fraction of sp³-hybridized carbons (Fsp3) is 0.0870. The highest BCUT2D eigenvalue weighted by Gasteiger charge is 2.44. The summed E-state index contributed by atoms with van der Waals surface area (Å²) in [5.41, 5.74) is 16.3. The third-order valence-corrected chi connectivity index (χ3v) is 6.07. The molecule has 0 saturated carbocycles. The van der Waals surface area contributed by atoms with Crippen LogP contribution in [0.4, 0.5) is 23.0 Å². The Morgan fingerprint density at radius 2 is 1.84 bits per heavy atom. The molecule has 7 nitrogen and oxygen atoms in total. The van der Waals surface area contributed by atoms with E-state index in [-0.39, 0.29) is 23.7 Å². The number of fused-ring (bicyclic) bond motifs is 1. The lowest BCUT2D eigenvalue weighted by molar-refractivity contribution is -0.136. The topological polar surface area (TPSA) is 118 Å². The van der Waals surface area contributed by atoms with Gasteiger partial charge < -0.3 is 16.2 Å². The molecule has 1 unspecified atom stereocenters. The largest absolute Gasteiger partial charge is 0.456 e. The third-order valence-electron chi connectivity index (χ3n) is 5.54. The number of nitrogens with zero attached hydrogens (tertiary/aromatic N) is 3. The van der Waals surface area contributed by atoms with E-state index in [1.165, 1.54) is 0 Å². The first-order chi connectivity index (χ1) is 15.0. The van der Waals surface area contributed by atoms with Crippen molar-refractivity contribution in [1.29, 1.82) is 5.26 Å². The predicted octanol–water partition coefficient (Wildman–Crippen LogP) is 3.97. The van der Waals surface area contributed by atoms with Gasteiger partial charge >= 0.3 is 5.97 Å². The fourth-order valence-corrected chi connectivity index (χ4v) is 4.46. The number of cyclic esters (lactones) is 1. The summed E-state index contributed by atoms with van der Waals surface area (Å²) in [5.74, 6) is -0.399. The number of nitrogen functional groups attached to an aromatic ring is 2. The van der Waals surface area contributed by atoms with Crippen molar-refractivity contribution in [2.24, 2.45) is 0 Å². The number of nitriles is 1. The summed E-state index contributed by atoms with van der Waals surface area (Å²) in [6, 6.07) is 19.2. The quantitative estimate of drug-likeness (QED) is 0.540. The van der Waals surface area contributed by atoms with Crippen molar-refractivity contribution in [1.82, 2.24) is 4.98 Å². The van der Waals surface area contributed by atoms with Crippen molar-refractivity contribution in [3.8, 4) is 6.07 Å². The summed E-state index contributed by atoms with van der Waals surface area (Å²) < 4.78 is 6.37. The average Bonchev–Trinajstić information content (AvgIpc) is 3.15. The molecule has 3 aromatic rings. The summed E-state index contributed by atoms with van der Waals surface area (Å²) in [6.07, 6.45) is 0. The van der Waals surface area contributed by atoms with E-state index in [0.717, 1.165) is 15.7 Å². The Labute approximate surface area is 186 Å². The number of anilines is 4. The van der Waals surface area contributed by atoms with Crippen molar-refractivity contribution >= 4 is 44.9 Å². The number of hydrogen-bond donors (Lipinski definition) is 2. The van der Waals surface area contributed by atoms with E-state index in [9.17, 15) is 10.1 Å². The Kier molecular flexibility index (Phi) is 4.41. The van der Waals surface area contributed by atoms with Gasteiger partial charge in [0.15, 0.2) is 0 Å². The third kappa shape index (κ3) is 2.86. The molecule has 0 aliphatic carbocycles. The van der Waals surface area contributed by atoms with Crippen LogP contribution >= 0.6 is 15.9 Å². The van der Waals surface area contributed by atoms with Crippen LogP contribution in [-0.2, 0) is 9.53 Å². The molecule has 2 aliphatic rings.